The second-order valence-corrected chi connectivity index (χ2v) is 6.60. The standard InChI is InChI=1S/C15H24N2O5S/c1-4-22-13-6-8-14(9-7-13)23(19,20)17-12(2)15(18)16-10-5-11-21-3/h6-9,12,17H,4-5,10-11H2,1-3H3,(H,16,18)/t12-/m0/s1. The van der Waals surface area contributed by atoms with Crippen LogP contribution in [-0.4, -0.2) is 47.2 Å². The van der Waals surface area contributed by atoms with E-state index >= 15 is 0 Å². The smallest absolute Gasteiger partial charge is 0.241 e. The van der Waals surface area contributed by atoms with Gasteiger partial charge in [0.2, 0.25) is 15.9 Å². The van der Waals surface area contributed by atoms with Crippen molar-refractivity contribution in [1.82, 2.24) is 10.0 Å². The molecule has 23 heavy (non-hydrogen) atoms. The summed E-state index contributed by atoms with van der Waals surface area (Å²) in [5.41, 5.74) is 0. The minimum Gasteiger partial charge on any atom is -0.494 e. The highest BCUT2D eigenvalue weighted by molar-refractivity contribution is 7.89. The van der Waals surface area contributed by atoms with Crippen molar-refractivity contribution < 1.29 is 22.7 Å². The number of carbonyl (C=O) groups excluding carboxylic acids is 1. The third-order valence-electron chi connectivity index (χ3n) is 2.99. The zero-order chi connectivity index (χ0) is 17.3. The van der Waals surface area contributed by atoms with Crippen molar-refractivity contribution >= 4 is 15.9 Å². The fourth-order valence-corrected chi connectivity index (χ4v) is 3.02. The van der Waals surface area contributed by atoms with E-state index in [1.165, 1.54) is 19.1 Å². The predicted octanol–water partition coefficient (Wildman–Crippen LogP) is 0.905. The second-order valence-electron chi connectivity index (χ2n) is 4.88. The molecule has 130 valence electrons. The Labute approximate surface area is 137 Å². The lowest BCUT2D eigenvalue weighted by atomic mass is 10.3. The van der Waals surface area contributed by atoms with Crippen LogP contribution in [0.5, 0.6) is 5.75 Å². The molecule has 0 unspecified atom stereocenters. The summed E-state index contributed by atoms with van der Waals surface area (Å²) in [6.45, 7) is 4.82. The van der Waals surface area contributed by atoms with Crippen LogP contribution < -0.4 is 14.8 Å². The molecule has 0 spiro atoms. The van der Waals surface area contributed by atoms with Crippen LogP contribution in [0.4, 0.5) is 0 Å². The minimum absolute atomic E-state index is 0.0833. The molecule has 0 heterocycles. The molecule has 0 fully saturated rings. The summed E-state index contributed by atoms with van der Waals surface area (Å²) in [7, 11) is -2.18. The molecule has 1 amide bonds. The molecular weight excluding hydrogens is 320 g/mol. The van der Waals surface area contributed by atoms with Gasteiger partial charge in [-0.2, -0.15) is 4.72 Å². The molecule has 8 heteroatoms. The molecule has 0 aliphatic rings. The zero-order valence-electron chi connectivity index (χ0n) is 13.7. The molecule has 0 bridgehead atoms. The highest BCUT2D eigenvalue weighted by Gasteiger charge is 2.21. The zero-order valence-corrected chi connectivity index (χ0v) is 14.5. The van der Waals surface area contributed by atoms with Crippen LogP contribution in [-0.2, 0) is 19.6 Å². The van der Waals surface area contributed by atoms with E-state index in [1.807, 2.05) is 6.92 Å². The summed E-state index contributed by atoms with van der Waals surface area (Å²) in [4.78, 5) is 11.9. The number of carbonyl (C=O) groups is 1. The van der Waals surface area contributed by atoms with E-state index in [1.54, 1.807) is 19.2 Å². The predicted molar refractivity (Wildman–Crippen MR) is 86.9 cm³/mol. The molecule has 0 aromatic heterocycles. The van der Waals surface area contributed by atoms with Crippen molar-refractivity contribution in [3.63, 3.8) is 0 Å². The average Bonchev–Trinajstić information content (AvgIpc) is 2.52. The van der Waals surface area contributed by atoms with E-state index in [9.17, 15) is 13.2 Å². The van der Waals surface area contributed by atoms with Crippen LogP contribution in [0.1, 0.15) is 20.3 Å². The van der Waals surface area contributed by atoms with E-state index < -0.39 is 16.1 Å². The molecule has 7 nitrogen and oxygen atoms in total. The molecule has 0 radical (unpaired) electrons. The normalized spacial score (nSPS) is 12.7. The second kappa shape index (κ2) is 9.49. The van der Waals surface area contributed by atoms with Crippen molar-refractivity contribution in [2.75, 3.05) is 26.9 Å². The number of nitrogens with one attached hydrogen (secondary N) is 2. The van der Waals surface area contributed by atoms with Crippen LogP contribution in [0.15, 0.2) is 29.2 Å². The van der Waals surface area contributed by atoms with Crippen molar-refractivity contribution in [2.24, 2.45) is 0 Å². The minimum atomic E-state index is -3.76. The maximum atomic E-state index is 12.2. The van der Waals surface area contributed by atoms with Crippen molar-refractivity contribution in [2.45, 2.75) is 31.2 Å². The summed E-state index contributed by atoms with van der Waals surface area (Å²) >= 11 is 0. The number of benzene rings is 1. The third kappa shape index (κ3) is 6.55. The molecule has 1 atom stereocenters. The highest BCUT2D eigenvalue weighted by Crippen LogP contribution is 2.16. The van der Waals surface area contributed by atoms with E-state index in [4.69, 9.17) is 9.47 Å². The first-order chi connectivity index (χ1) is 10.9. The summed E-state index contributed by atoms with van der Waals surface area (Å²) in [5.74, 6) is 0.214. The van der Waals surface area contributed by atoms with Gasteiger partial charge in [-0.1, -0.05) is 0 Å². The molecule has 0 aliphatic heterocycles. The fourth-order valence-electron chi connectivity index (χ4n) is 1.82. The lowest BCUT2D eigenvalue weighted by Gasteiger charge is -2.14. The summed E-state index contributed by atoms with van der Waals surface area (Å²) in [6.07, 6.45) is 0.667. The number of amides is 1. The lowest BCUT2D eigenvalue weighted by molar-refractivity contribution is -0.122. The number of ether oxygens (including phenoxy) is 2. The van der Waals surface area contributed by atoms with Gasteiger partial charge < -0.3 is 14.8 Å². The number of methoxy groups -OCH3 is 1. The quantitative estimate of drug-likeness (QED) is 0.615. The number of hydrogen-bond donors (Lipinski definition) is 2. The Hall–Kier alpha value is -1.64. The van der Waals surface area contributed by atoms with Crippen molar-refractivity contribution in [3.8, 4) is 5.75 Å². The average molecular weight is 344 g/mol. The van der Waals surface area contributed by atoms with Gasteiger partial charge in [-0.05, 0) is 44.5 Å². The van der Waals surface area contributed by atoms with E-state index in [0.717, 1.165) is 0 Å². The van der Waals surface area contributed by atoms with Crippen molar-refractivity contribution in [1.29, 1.82) is 0 Å². The van der Waals surface area contributed by atoms with Gasteiger partial charge in [0.05, 0.1) is 17.5 Å². The third-order valence-corrected chi connectivity index (χ3v) is 4.55. The van der Waals surface area contributed by atoms with Gasteiger partial charge in [0.25, 0.3) is 0 Å². The Balaban J connectivity index is 2.60. The van der Waals surface area contributed by atoms with E-state index in [0.29, 0.717) is 31.9 Å². The van der Waals surface area contributed by atoms with Gasteiger partial charge in [-0.3, -0.25) is 4.79 Å². The van der Waals surface area contributed by atoms with Crippen molar-refractivity contribution in [3.05, 3.63) is 24.3 Å². The first-order valence-electron chi connectivity index (χ1n) is 7.42. The van der Waals surface area contributed by atoms with Gasteiger partial charge in [0.15, 0.2) is 0 Å². The largest absolute Gasteiger partial charge is 0.494 e. The van der Waals surface area contributed by atoms with Gasteiger partial charge >= 0.3 is 0 Å². The van der Waals surface area contributed by atoms with Crippen LogP contribution >= 0.6 is 0 Å². The SMILES string of the molecule is CCOc1ccc(S(=O)(=O)N[C@@H](C)C(=O)NCCCOC)cc1. The molecule has 1 aromatic rings. The Kier molecular flexibility index (Phi) is 8.01. The van der Waals surface area contributed by atoms with Crippen LogP contribution in [0.3, 0.4) is 0 Å². The van der Waals surface area contributed by atoms with Crippen LogP contribution in [0.25, 0.3) is 0 Å². The molecule has 1 aromatic carbocycles. The lowest BCUT2D eigenvalue weighted by Crippen LogP contribution is -2.45. The number of sulfonamides is 1. The molecule has 0 saturated carbocycles. The van der Waals surface area contributed by atoms with Gasteiger partial charge in [-0.15, -0.1) is 0 Å². The van der Waals surface area contributed by atoms with E-state index in [2.05, 4.69) is 10.0 Å². The molecule has 2 N–H and O–H groups in total. The molecule has 0 saturated heterocycles. The summed E-state index contributed by atoms with van der Waals surface area (Å²) in [6, 6.07) is 5.17. The number of rotatable bonds is 10. The Bertz CT molecular complexity index is 586. The topological polar surface area (TPSA) is 93.7 Å². The fraction of sp³-hybridized carbons (Fsp3) is 0.533. The van der Waals surface area contributed by atoms with Gasteiger partial charge in [0.1, 0.15) is 5.75 Å². The summed E-state index contributed by atoms with van der Waals surface area (Å²) < 4.78 is 37.0. The maximum Gasteiger partial charge on any atom is 0.241 e. The highest BCUT2D eigenvalue weighted by atomic mass is 32.2. The molecule has 1 rings (SSSR count). The monoisotopic (exact) mass is 344 g/mol. The van der Waals surface area contributed by atoms with Gasteiger partial charge in [-0.25, -0.2) is 8.42 Å². The van der Waals surface area contributed by atoms with E-state index in [-0.39, 0.29) is 10.8 Å². The molecular formula is C15H24N2O5S. The first-order valence-corrected chi connectivity index (χ1v) is 8.91. The maximum absolute atomic E-state index is 12.2. The Morgan fingerprint density at radius 2 is 1.91 bits per heavy atom. The Morgan fingerprint density at radius 3 is 2.48 bits per heavy atom. The Morgan fingerprint density at radius 1 is 1.26 bits per heavy atom. The molecule has 0 aliphatic carbocycles. The first kappa shape index (κ1) is 19.4. The van der Waals surface area contributed by atoms with Crippen LogP contribution in [0.2, 0.25) is 0 Å². The summed E-state index contributed by atoms with van der Waals surface area (Å²) in [5, 5.41) is 2.65. The van der Waals surface area contributed by atoms with Crippen LogP contribution in [0, 0.1) is 0 Å². The number of hydrogen-bond acceptors (Lipinski definition) is 5. The van der Waals surface area contributed by atoms with Gasteiger partial charge in [0, 0.05) is 20.3 Å².